The molecule has 0 radical (unpaired) electrons. The van der Waals surface area contributed by atoms with E-state index in [9.17, 15) is 5.21 Å². The Kier molecular flexibility index (Phi) is 1.75. The molecule has 2 aromatic rings. The normalized spacial score (nSPS) is 10.0. The lowest BCUT2D eigenvalue weighted by atomic mass is 10.3. The van der Waals surface area contributed by atoms with Crippen molar-refractivity contribution in [2.45, 2.75) is 0 Å². The fourth-order valence-electron chi connectivity index (χ4n) is 1.23. The number of hydrogen-bond donors (Lipinski definition) is 0. The highest BCUT2D eigenvalue weighted by Crippen LogP contribution is 2.20. The smallest absolute Gasteiger partial charge is 0.209 e. The van der Waals surface area contributed by atoms with E-state index in [2.05, 4.69) is 4.98 Å². The second-order valence-electron chi connectivity index (χ2n) is 2.70. The lowest BCUT2D eigenvalue weighted by molar-refractivity contribution is 0.415. The Morgan fingerprint density at radius 3 is 3.00 bits per heavy atom. The molecule has 70 valence electrons. The van der Waals surface area contributed by atoms with Gasteiger partial charge in [-0.15, -0.1) is 0 Å². The Bertz CT molecular complexity index is 525. The fraction of sp³-hybridized carbons (Fsp3) is 0.111. The summed E-state index contributed by atoms with van der Waals surface area (Å²) in [5.41, 5.74) is 0.846. The van der Waals surface area contributed by atoms with Crippen molar-refractivity contribution in [3.8, 4) is 11.8 Å². The van der Waals surface area contributed by atoms with Crippen LogP contribution in [0.3, 0.4) is 0 Å². The zero-order valence-electron chi connectivity index (χ0n) is 7.39. The zero-order chi connectivity index (χ0) is 10.1. The van der Waals surface area contributed by atoms with E-state index in [0.29, 0.717) is 21.5 Å². The monoisotopic (exact) mass is 188 g/mol. The SMILES string of the molecule is COc1ccc2nc(C#N)n([O-])c2c1. The highest BCUT2D eigenvalue weighted by molar-refractivity contribution is 5.78. The summed E-state index contributed by atoms with van der Waals surface area (Å²) >= 11 is 0. The molecule has 1 heterocycles. The van der Waals surface area contributed by atoms with E-state index >= 15 is 0 Å². The van der Waals surface area contributed by atoms with Crippen LogP contribution in [0.5, 0.6) is 5.75 Å². The first-order valence-corrected chi connectivity index (χ1v) is 3.90. The van der Waals surface area contributed by atoms with Crippen molar-refractivity contribution >= 4 is 11.0 Å². The topological polar surface area (TPSA) is 73.9 Å². The van der Waals surface area contributed by atoms with E-state index in [1.54, 1.807) is 24.3 Å². The van der Waals surface area contributed by atoms with Gasteiger partial charge in [0.2, 0.25) is 5.82 Å². The van der Waals surface area contributed by atoms with E-state index in [0.717, 1.165) is 0 Å². The van der Waals surface area contributed by atoms with Gasteiger partial charge in [-0.3, -0.25) is 0 Å². The Balaban J connectivity index is 2.76. The minimum atomic E-state index is -0.145. The zero-order valence-corrected chi connectivity index (χ0v) is 7.39. The maximum absolute atomic E-state index is 11.4. The molecule has 0 atom stereocenters. The van der Waals surface area contributed by atoms with Gasteiger partial charge in [0.15, 0.2) is 0 Å². The second kappa shape index (κ2) is 2.92. The van der Waals surface area contributed by atoms with Crippen LogP contribution in [0.4, 0.5) is 0 Å². The Labute approximate surface area is 79.7 Å². The Hall–Kier alpha value is -2.22. The third-order valence-electron chi connectivity index (χ3n) is 1.92. The largest absolute Gasteiger partial charge is 0.804 e. The number of imidazole rings is 1. The van der Waals surface area contributed by atoms with Gasteiger partial charge in [0, 0.05) is 6.07 Å². The van der Waals surface area contributed by atoms with Gasteiger partial charge >= 0.3 is 0 Å². The molecule has 0 aliphatic rings. The number of benzene rings is 1. The number of nitrogens with zero attached hydrogens (tertiary/aromatic N) is 3. The third kappa shape index (κ3) is 1.05. The summed E-state index contributed by atoms with van der Waals surface area (Å²) in [5, 5.41) is 20.0. The standard InChI is InChI=1S/C9H6N3O2/c1-14-6-2-3-7-8(4-6)12(13)9(5-10)11-7/h2-4H,1H3/q-1. The van der Waals surface area contributed by atoms with Crippen LogP contribution in [-0.4, -0.2) is 16.8 Å². The molecule has 1 aromatic carbocycles. The summed E-state index contributed by atoms with van der Waals surface area (Å²) in [6, 6.07) is 6.61. The maximum Gasteiger partial charge on any atom is 0.209 e. The highest BCUT2D eigenvalue weighted by Gasteiger charge is 2.04. The number of aromatic nitrogens is 2. The van der Waals surface area contributed by atoms with Crippen LogP contribution in [0.1, 0.15) is 5.82 Å². The van der Waals surface area contributed by atoms with Crippen molar-refractivity contribution < 1.29 is 4.74 Å². The van der Waals surface area contributed by atoms with Gasteiger partial charge in [-0.25, -0.2) is 4.98 Å². The van der Waals surface area contributed by atoms with E-state index in [4.69, 9.17) is 10.00 Å². The van der Waals surface area contributed by atoms with Gasteiger partial charge in [0.05, 0.1) is 18.1 Å². The predicted octanol–water partition coefficient (Wildman–Crippen LogP) is 1.26. The molecule has 1 aromatic heterocycles. The van der Waals surface area contributed by atoms with Crippen LogP contribution < -0.4 is 4.74 Å². The maximum atomic E-state index is 11.4. The van der Waals surface area contributed by atoms with Crippen LogP contribution in [0.25, 0.3) is 11.0 Å². The van der Waals surface area contributed by atoms with Crippen LogP contribution in [0, 0.1) is 16.5 Å². The fourth-order valence-corrected chi connectivity index (χ4v) is 1.23. The summed E-state index contributed by atoms with van der Waals surface area (Å²) in [5.74, 6) is 0.423. The van der Waals surface area contributed by atoms with Crippen molar-refractivity contribution in [1.82, 2.24) is 9.71 Å². The van der Waals surface area contributed by atoms with Crippen molar-refractivity contribution in [2.75, 3.05) is 7.11 Å². The predicted molar refractivity (Wildman–Crippen MR) is 49.8 cm³/mol. The summed E-state index contributed by atoms with van der Waals surface area (Å²) < 4.78 is 5.46. The van der Waals surface area contributed by atoms with E-state index < -0.39 is 0 Å². The van der Waals surface area contributed by atoms with Gasteiger partial charge in [-0.2, -0.15) is 5.26 Å². The lowest BCUT2D eigenvalue weighted by Gasteiger charge is -2.08. The van der Waals surface area contributed by atoms with Crippen LogP contribution >= 0.6 is 0 Å². The van der Waals surface area contributed by atoms with Crippen molar-refractivity contribution in [2.24, 2.45) is 0 Å². The van der Waals surface area contributed by atoms with Crippen molar-refractivity contribution in [3.05, 3.63) is 29.2 Å². The molecule has 0 aliphatic heterocycles. The molecular formula is C9H6N3O2-. The molecule has 0 saturated heterocycles. The number of methoxy groups -OCH3 is 1. The summed E-state index contributed by atoms with van der Waals surface area (Å²) in [4.78, 5) is 3.84. The molecule has 5 nitrogen and oxygen atoms in total. The Morgan fingerprint density at radius 1 is 1.57 bits per heavy atom. The molecule has 0 spiro atoms. The average molecular weight is 188 g/mol. The van der Waals surface area contributed by atoms with Gasteiger partial charge in [-0.05, 0) is 12.1 Å². The van der Waals surface area contributed by atoms with Crippen LogP contribution in [-0.2, 0) is 0 Å². The van der Waals surface area contributed by atoms with E-state index in [1.165, 1.54) is 7.11 Å². The first-order valence-electron chi connectivity index (χ1n) is 3.90. The molecule has 0 saturated carbocycles. The quantitative estimate of drug-likeness (QED) is 0.675. The number of nitriles is 1. The molecule has 14 heavy (non-hydrogen) atoms. The van der Waals surface area contributed by atoms with Crippen molar-refractivity contribution in [3.63, 3.8) is 0 Å². The minimum absolute atomic E-state index is 0.145. The van der Waals surface area contributed by atoms with Gasteiger partial charge < -0.3 is 14.7 Å². The first kappa shape index (κ1) is 8.38. The summed E-state index contributed by atoms with van der Waals surface area (Å²) in [6.07, 6.45) is 0. The Morgan fingerprint density at radius 2 is 2.36 bits per heavy atom. The second-order valence-corrected chi connectivity index (χ2v) is 2.70. The first-order chi connectivity index (χ1) is 6.76. The van der Waals surface area contributed by atoms with Gasteiger partial charge in [0.25, 0.3) is 0 Å². The molecule has 0 amide bonds. The molecule has 0 unspecified atom stereocenters. The number of hydrogen-bond acceptors (Lipinski definition) is 4. The number of ether oxygens (including phenoxy) is 1. The molecule has 5 heteroatoms. The molecular weight excluding hydrogens is 182 g/mol. The van der Waals surface area contributed by atoms with Crippen LogP contribution in [0.2, 0.25) is 0 Å². The van der Waals surface area contributed by atoms with Gasteiger partial charge in [0.1, 0.15) is 11.8 Å². The number of rotatable bonds is 1. The molecule has 0 bridgehead atoms. The van der Waals surface area contributed by atoms with Gasteiger partial charge in [-0.1, -0.05) is 0 Å². The van der Waals surface area contributed by atoms with E-state index in [-0.39, 0.29) is 5.82 Å². The molecule has 2 rings (SSSR count). The molecule has 0 fully saturated rings. The summed E-state index contributed by atoms with van der Waals surface area (Å²) in [7, 11) is 1.51. The van der Waals surface area contributed by atoms with E-state index in [1.807, 2.05) is 0 Å². The lowest BCUT2D eigenvalue weighted by Crippen LogP contribution is -1.90. The van der Waals surface area contributed by atoms with Crippen LogP contribution in [0.15, 0.2) is 18.2 Å². The van der Waals surface area contributed by atoms with Crippen molar-refractivity contribution in [1.29, 1.82) is 5.26 Å². The molecule has 0 aliphatic carbocycles. The number of fused-ring (bicyclic) bond motifs is 1. The highest BCUT2D eigenvalue weighted by atomic mass is 16.5. The average Bonchev–Trinajstić information content (AvgIpc) is 2.55. The summed E-state index contributed by atoms with van der Waals surface area (Å²) in [6.45, 7) is 0. The molecule has 0 N–H and O–H groups in total. The third-order valence-corrected chi connectivity index (χ3v) is 1.92. The minimum Gasteiger partial charge on any atom is -0.804 e.